The summed E-state index contributed by atoms with van der Waals surface area (Å²) in [5.41, 5.74) is 0.684. The van der Waals surface area contributed by atoms with Gasteiger partial charge in [-0.05, 0) is 50.7 Å². The van der Waals surface area contributed by atoms with Gasteiger partial charge in [0.15, 0.2) is 0 Å². The molecule has 1 atom stereocenters. The molecule has 3 aliphatic rings. The molecule has 2 saturated heterocycles. The van der Waals surface area contributed by atoms with E-state index in [9.17, 15) is 9.59 Å². The Hall–Kier alpha value is -2.08. The summed E-state index contributed by atoms with van der Waals surface area (Å²) >= 11 is 0. The molecule has 3 aliphatic heterocycles. The third-order valence-corrected chi connectivity index (χ3v) is 7.48. The number of hydrogen-bond donors (Lipinski definition) is 0. The Bertz CT molecular complexity index is 801. The van der Waals surface area contributed by atoms with Crippen LogP contribution in [-0.4, -0.2) is 67.1 Å². The lowest BCUT2D eigenvalue weighted by Crippen LogP contribution is -2.46. The zero-order valence-corrected chi connectivity index (χ0v) is 19.7. The normalized spacial score (nSPS) is 24.6. The van der Waals surface area contributed by atoms with Crippen molar-refractivity contribution in [2.24, 2.45) is 11.3 Å². The Balaban J connectivity index is 1.53. The van der Waals surface area contributed by atoms with Crippen molar-refractivity contribution < 1.29 is 19.1 Å². The number of ether oxygens (including phenoxy) is 2. The average molecular weight is 443 g/mol. The molecule has 0 N–H and O–H groups in total. The van der Waals surface area contributed by atoms with E-state index in [1.807, 2.05) is 47.9 Å². The molecule has 6 heteroatoms. The van der Waals surface area contributed by atoms with Crippen LogP contribution in [0.25, 0.3) is 0 Å². The highest BCUT2D eigenvalue weighted by molar-refractivity contribution is 5.97. The van der Waals surface area contributed by atoms with Crippen LogP contribution >= 0.6 is 0 Å². The van der Waals surface area contributed by atoms with E-state index < -0.39 is 0 Å². The first-order valence-electron chi connectivity index (χ1n) is 12.4. The standard InChI is InChI=1S/C26H38N2O4/c1-20(2)24(29)27-15-12-26(13-16-27)11-5-6-17-31-18-21-8-7-14-28(21)25(30)22-9-3-4-10-23(22)32-19-26/h3-4,9-10,20-21H,5-8,11-19H2,1-2H3/t21-/m0/s1. The fourth-order valence-corrected chi connectivity index (χ4v) is 5.39. The molecule has 0 radical (unpaired) electrons. The van der Waals surface area contributed by atoms with Crippen LogP contribution in [0.5, 0.6) is 5.75 Å². The van der Waals surface area contributed by atoms with Crippen molar-refractivity contribution in [2.75, 3.05) is 39.5 Å². The van der Waals surface area contributed by atoms with E-state index in [1.54, 1.807) is 0 Å². The van der Waals surface area contributed by atoms with Crippen LogP contribution in [0.1, 0.15) is 69.2 Å². The van der Waals surface area contributed by atoms with Crippen molar-refractivity contribution in [3.63, 3.8) is 0 Å². The fourth-order valence-electron chi connectivity index (χ4n) is 5.39. The third-order valence-electron chi connectivity index (χ3n) is 7.48. The van der Waals surface area contributed by atoms with Crippen molar-refractivity contribution in [1.29, 1.82) is 0 Å². The summed E-state index contributed by atoms with van der Waals surface area (Å²) in [6.45, 7) is 8.23. The monoisotopic (exact) mass is 442 g/mol. The van der Waals surface area contributed by atoms with Crippen molar-refractivity contribution in [3.8, 4) is 5.75 Å². The van der Waals surface area contributed by atoms with Crippen LogP contribution in [0.15, 0.2) is 24.3 Å². The summed E-state index contributed by atoms with van der Waals surface area (Å²) in [4.78, 5) is 29.8. The highest BCUT2D eigenvalue weighted by Gasteiger charge is 2.38. The van der Waals surface area contributed by atoms with E-state index in [0.29, 0.717) is 24.5 Å². The molecule has 2 fully saturated rings. The average Bonchev–Trinajstić information content (AvgIpc) is 3.28. The van der Waals surface area contributed by atoms with Crippen molar-refractivity contribution >= 4 is 11.8 Å². The molecule has 3 heterocycles. The summed E-state index contributed by atoms with van der Waals surface area (Å²) in [5.74, 6) is 1.01. The van der Waals surface area contributed by atoms with Crippen LogP contribution in [0, 0.1) is 11.3 Å². The Kier molecular flexibility index (Phi) is 7.39. The molecule has 4 rings (SSSR count). The molecule has 0 aliphatic carbocycles. The van der Waals surface area contributed by atoms with Gasteiger partial charge >= 0.3 is 0 Å². The van der Waals surface area contributed by atoms with Crippen LogP contribution in [0.4, 0.5) is 0 Å². The number of rotatable bonds is 1. The molecule has 1 aromatic carbocycles. The quantitative estimate of drug-likeness (QED) is 0.656. The molecular formula is C26H38N2O4. The number of benzene rings is 1. The predicted molar refractivity (Wildman–Crippen MR) is 124 cm³/mol. The molecule has 32 heavy (non-hydrogen) atoms. The fraction of sp³-hybridized carbons (Fsp3) is 0.692. The topological polar surface area (TPSA) is 59.1 Å². The van der Waals surface area contributed by atoms with Gasteiger partial charge in [0.05, 0.1) is 24.8 Å². The summed E-state index contributed by atoms with van der Waals surface area (Å²) in [7, 11) is 0. The van der Waals surface area contributed by atoms with Gasteiger partial charge in [-0.1, -0.05) is 32.4 Å². The van der Waals surface area contributed by atoms with Crippen LogP contribution in [0.2, 0.25) is 0 Å². The van der Waals surface area contributed by atoms with E-state index in [-0.39, 0.29) is 29.2 Å². The minimum Gasteiger partial charge on any atom is -0.492 e. The lowest BCUT2D eigenvalue weighted by molar-refractivity contribution is -0.137. The van der Waals surface area contributed by atoms with E-state index in [0.717, 1.165) is 71.2 Å². The second kappa shape index (κ2) is 10.2. The largest absolute Gasteiger partial charge is 0.492 e. The Morgan fingerprint density at radius 1 is 1.06 bits per heavy atom. The Morgan fingerprint density at radius 3 is 2.62 bits per heavy atom. The van der Waals surface area contributed by atoms with Gasteiger partial charge in [-0.2, -0.15) is 0 Å². The van der Waals surface area contributed by atoms with Gasteiger partial charge in [-0.25, -0.2) is 0 Å². The lowest BCUT2D eigenvalue weighted by Gasteiger charge is -2.42. The van der Waals surface area contributed by atoms with E-state index in [4.69, 9.17) is 9.47 Å². The number of para-hydroxylation sites is 1. The first-order chi connectivity index (χ1) is 15.5. The van der Waals surface area contributed by atoms with Crippen LogP contribution in [0.3, 0.4) is 0 Å². The van der Waals surface area contributed by atoms with E-state index in [2.05, 4.69) is 0 Å². The minimum absolute atomic E-state index is 0.0320. The van der Waals surface area contributed by atoms with Gasteiger partial charge in [0, 0.05) is 37.6 Å². The van der Waals surface area contributed by atoms with Crippen LogP contribution in [-0.2, 0) is 9.53 Å². The van der Waals surface area contributed by atoms with Gasteiger partial charge in [0.2, 0.25) is 5.91 Å². The summed E-state index contributed by atoms with van der Waals surface area (Å²) in [5, 5.41) is 0. The molecule has 0 saturated carbocycles. The van der Waals surface area contributed by atoms with E-state index in [1.165, 1.54) is 0 Å². The van der Waals surface area contributed by atoms with Gasteiger partial charge in [0.25, 0.3) is 5.91 Å². The second-order valence-electron chi connectivity index (χ2n) is 10.1. The Morgan fingerprint density at radius 2 is 1.84 bits per heavy atom. The maximum absolute atomic E-state index is 13.4. The molecule has 2 amide bonds. The maximum Gasteiger partial charge on any atom is 0.257 e. The van der Waals surface area contributed by atoms with Gasteiger partial charge in [-0.15, -0.1) is 0 Å². The molecule has 1 aromatic rings. The minimum atomic E-state index is 0.0320. The van der Waals surface area contributed by atoms with Crippen LogP contribution < -0.4 is 4.74 Å². The van der Waals surface area contributed by atoms with Gasteiger partial charge < -0.3 is 19.3 Å². The number of amides is 2. The number of nitrogens with zero attached hydrogens (tertiary/aromatic N) is 2. The number of likely N-dealkylation sites (tertiary alicyclic amines) is 1. The smallest absolute Gasteiger partial charge is 0.257 e. The number of carbonyl (C=O) groups excluding carboxylic acids is 2. The second-order valence-corrected chi connectivity index (χ2v) is 10.1. The SMILES string of the molecule is CC(C)C(=O)N1CCC2(CCCCOC[C@@H]3CCCN3C(=O)c3ccccc3OC2)CC1. The summed E-state index contributed by atoms with van der Waals surface area (Å²) in [6.07, 6.45) is 7.09. The molecule has 0 unspecified atom stereocenters. The highest BCUT2D eigenvalue weighted by atomic mass is 16.5. The van der Waals surface area contributed by atoms with Gasteiger partial charge in [-0.3, -0.25) is 9.59 Å². The molecule has 0 bridgehead atoms. The zero-order chi connectivity index (χ0) is 22.6. The number of piperidine rings is 1. The number of fused-ring (bicyclic) bond motifs is 2. The maximum atomic E-state index is 13.4. The molecular weight excluding hydrogens is 404 g/mol. The molecule has 1 spiro atoms. The predicted octanol–water partition coefficient (Wildman–Crippen LogP) is 4.14. The number of hydrogen-bond acceptors (Lipinski definition) is 4. The van der Waals surface area contributed by atoms with Gasteiger partial charge in [0.1, 0.15) is 5.75 Å². The van der Waals surface area contributed by atoms with Crippen molar-refractivity contribution in [2.45, 2.75) is 64.8 Å². The molecule has 0 aromatic heterocycles. The zero-order valence-electron chi connectivity index (χ0n) is 19.7. The highest BCUT2D eigenvalue weighted by Crippen LogP contribution is 2.38. The third kappa shape index (κ3) is 5.11. The lowest BCUT2D eigenvalue weighted by atomic mass is 9.75. The van der Waals surface area contributed by atoms with Crippen molar-refractivity contribution in [3.05, 3.63) is 29.8 Å². The number of carbonyl (C=O) groups is 2. The molecule has 176 valence electrons. The van der Waals surface area contributed by atoms with E-state index >= 15 is 0 Å². The Labute approximate surface area is 192 Å². The van der Waals surface area contributed by atoms with Crippen molar-refractivity contribution in [1.82, 2.24) is 9.80 Å². The summed E-state index contributed by atoms with van der Waals surface area (Å²) < 4.78 is 12.4. The first-order valence-corrected chi connectivity index (χ1v) is 12.4. The molecule has 6 nitrogen and oxygen atoms in total. The summed E-state index contributed by atoms with van der Waals surface area (Å²) in [6, 6.07) is 7.82. The first kappa shape index (κ1) is 23.1.